The molecular formula is C18H17BrN2O5. The molecule has 2 rings (SSSR count). The molecule has 0 amide bonds. The molecule has 1 heterocycles. The Bertz CT molecular complexity index is 838. The zero-order valence-corrected chi connectivity index (χ0v) is 15.8. The van der Waals surface area contributed by atoms with E-state index in [1.54, 1.807) is 38.1 Å². The Morgan fingerprint density at radius 1 is 1.27 bits per heavy atom. The molecule has 0 fully saturated rings. The molecule has 0 radical (unpaired) electrons. The fourth-order valence-corrected chi connectivity index (χ4v) is 2.96. The molecule has 0 saturated carbocycles. The molecule has 136 valence electrons. The smallest absolute Gasteiger partial charge is 0.374 e. The Hall–Kier alpha value is -2.79. The number of nitrogens with two attached hydrogens (primary N) is 1. The van der Waals surface area contributed by atoms with E-state index in [1.165, 1.54) is 0 Å². The molecule has 1 atom stereocenters. The normalized spacial score (nSPS) is 16.6. The van der Waals surface area contributed by atoms with Gasteiger partial charge in [-0.25, -0.2) is 9.59 Å². The first-order chi connectivity index (χ1) is 12.4. The monoisotopic (exact) mass is 420 g/mol. The number of benzene rings is 1. The van der Waals surface area contributed by atoms with E-state index in [1.807, 2.05) is 6.07 Å². The summed E-state index contributed by atoms with van der Waals surface area (Å²) < 4.78 is 16.1. The Morgan fingerprint density at radius 2 is 1.92 bits per heavy atom. The summed E-state index contributed by atoms with van der Waals surface area (Å²) in [6.45, 7) is 3.43. The summed E-state index contributed by atoms with van der Waals surface area (Å²) in [7, 11) is 0. The van der Waals surface area contributed by atoms with E-state index in [2.05, 4.69) is 15.9 Å². The van der Waals surface area contributed by atoms with Gasteiger partial charge in [-0.3, -0.25) is 0 Å². The third-order valence-electron chi connectivity index (χ3n) is 3.56. The highest BCUT2D eigenvalue weighted by Crippen LogP contribution is 2.40. The molecule has 1 aromatic rings. The van der Waals surface area contributed by atoms with Crippen molar-refractivity contribution in [2.45, 2.75) is 19.8 Å². The van der Waals surface area contributed by atoms with Gasteiger partial charge in [0.05, 0.1) is 19.1 Å². The molecule has 1 unspecified atom stereocenters. The summed E-state index contributed by atoms with van der Waals surface area (Å²) in [5, 5.41) is 9.55. The minimum absolute atomic E-state index is 0.0131. The molecule has 1 aliphatic heterocycles. The van der Waals surface area contributed by atoms with Crippen molar-refractivity contribution in [3.8, 4) is 6.07 Å². The van der Waals surface area contributed by atoms with Gasteiger partial charge in [-0.05, 0) is 31.5 Å². The fraction of sp³-hybridized carbons (Fsp3) is 0.278. The van der Waals surface area contributed by atoms with Crippen LogP contribution in [0.15, 0.2) is 51.5 Å². The molecule has 0 bridgehead atoms. The van der Waals surface area contributed by atoms with Gasteiger partial charge in [-0.15, -0.1) is 0 Å². The number of ether oxygens (including phenoxy) is 3. The highest BCUT2D eigenvalue weighted by Gasteiger charge is 2.40. The molecular weight excluding hydrogens is 404 g/mol. The van der Waals surface area contributed by atoms with Crippen molar-refractivity contribution in [1.82, 2.24) is 0 Å². The predicted octanol–water partition coefficient (Wildman–Crippen LogP) is 2.64. The number of hydrogen-bond acceptors (Lipinski definition) is 7. The van der Waals surface area contributed by atoms with Crippen LogP contribution in [0.5, 0.6) is 0 Å². The van der Waals surface area contributed by atoms with Gasteiger partial charge in [0.2, 0.25) is 11.6 Å². The number of rotatable bonds is 5. The first-order valence-corrected chi connectivity index (χ1v) is 8.65. The summed E-state index contributed by atoms with van der Waals surface area (Å²) in [5.74, 6) is -3.17. The number of carbonyl (C=O) groups excluding carboxylic acids is 2. The average Bonchev–Trinajstić information content (AvgIpc) is 2.61. The molecule has 0 aromatic heterocycles. The van der Waals surface area contributed by atoms with Crippen molar-refractivity contribution in [2.75, 3.05) is 13.2 Å². The first kappa shape index (κ1) is 19.5. The van der Waals surface area contributed by atoms with E-state index < -0.39 is 17.9 Å². The van der Waals surface area contributed by atoms with Gasteiger partial charge in [-0.2, -0.15) is 5.26 Å². The minimum atomic E-state index is -0.912. The van der Waals surface area contributed by atoms with Crippen LogP contribution in [0.2, 0.25) is 0 Å². The van der Waals surface area contributed by atoms with Crippen LogP contribution in [-0.4, -0.2) is 25.2 Å². The summed E-state index contributed by atoms with van der Waals surface area (Å²) in [6, 6.07) is 8.94. The molecule has 1 aromatic carbocycles. The maximum absolute atomic E-state index is 12.6. The number of hydrogen-bond donors (Lipinski definition) is 1. The van der Waals surface area contributed by atoms with Crippen LogP contribution < -0.4 is 5.73 Å². The van der Waals surface area contributed by atoms with Gasteiger partial charge in [-0.1, -0.05) is 28.1 Å². The van der Waals surface area contributed by atoms with E-state index in [9.17, 15) is 14.9 Å². The third-order valence-corrected chi connectivity index (χ3v) is 4.05. The van der Waals surface area contributed by atoms with E-state index in [0.717, 1.165) is 4.47 Å². The lowest BCUT2D eigenvalue weighted by molar-refractivity contribution is -0.145. The van der Waals surface area contributed by atoms with Crippen molar-refractivity contribution in [2.24, 2.45) is 5.73 Å². The van der Waals surface area contributed by atoms with Crippen LogP contribution in [0, 0.1) is 11.3 Å². The number of esters is 2. The molecule has 7 nitrogen and oxygen atoms in total. The van der Waals surface area contributed by atoms with Gasteiger partial charge in [0.15, 0.2) is 0 Å². The second-order valence-electron chi connectivity index (χ2n) is 5.16. The Labute approximate surface area is 159 Å². The average molecular weight is 421 g/mol. The zero-order valence-electron chi connectivity index (χ0n) is 14.2. The van der Waals surface area contributed by atoms with E-state index in [4.69, 9.17) is 19.9 Å². The molecule has 26 heavy (non-hydrogen) atoms. The lowest BCUT2D eigenvalue weighted by atomic mass is 9.83. The topological polar surface area (TPSA) is 112 Å². The Balaban J connectivity index is 2.72. The van der Waals surface area contributed by atoms with E-state index in [-0.39, 0.29) is 36.0 Å². The Morgan fingerprint density at radius 3 is 2.50 bits per heavy atom. The number of carbonyl (C=O) groups is 2. The first-order valence-electron chi connectivity index (χ1n) is 7.85. The van der Waals surface area contributed by atoms with Crippen LogP contribution in [0.25, 0.3) is 0 Å². The second-order valence-corrected chi connectivity index (χ2v) is 6.08. The van der Waals surface area contributed by atoms with Crippen molar-refractivity contribution < 1.29 is 23.8 Å². The van der Waals surface area contributed by atoms with Crippen molar-refractivity contribution >= 4 is 27.9 Å². The number of nitrogens with zero attached hydrogens (tertiary/aromatic N) is 1. The molecule has 1 aliphatic rings. The largest absolute Gasteiger partial charge is 0.462 e. The van der Waals surface area contributed by atoms with Crippen LogP contribution in [0.4, 0.5) is 0 Å². The molecule has 0 spiro atoms. The summed E-state index contributed by atoms with van der Waals surface area (Å²) in [4.78, 5) is 24.9. The summed E-state index contributed by atoms with van der Waals surface area (Å²) in [5.41, 5.74) is 6.32. The van der Waals surface area contributed by atoms with Crippen molar-refractivity contribution in [1.29, 1.82) is 5.26 Å². The van der Waals surface area contributed by atoms with Crippen molar-refractivity contribution in [3.63, 3.8) is 0 Å². The SMILES string of the molecule is CCOC(=O)C1=C(C(=O)OCC)C(c2cccc(Br)c2)C(C#N)=C(N)O1. The molecule has 2 N–H and O–H groups in total. The molecule has 0 aliphatic carbocycles. The number of nitriles is 1. The standard InChI is InChI=1S/C18H17BrN2O5/c1-3-24-17(22)14-13(10-6-5-7-11(19)8-10)12(9-20)16(21)26-15(14)18(23)25-4-2/h5-8,13H,3-4,21H2,1-2H3. The van der Waals surface area contributed by atoms with Crippen LogP contribution in [0.3, 0.4) is 0 Å². The van der Waals surface area contributed by atoms with Crippen molar-refractivity contribution in [3.05, 3.63) is 57.1 Å². The highest BCUT2D eigenvalue weighted by atomic mass is 79.9. The number of halogens is 1. The maximum Gasteiger partial charge on any atom is 0.374 e. The quantitative estimate of drug-likeness (QED) is 0.728. The summed E-state index contributed by atoms with van der Waals surface area (Å²) >= 11 is 3.36. The zero-order chi connectivity index (χ0) is 19.3. The van der Waals surface area contributed by atoms with Crippen LogP contribution in [-0.2, 0) is 23.8 Å². The lowest BCUT2D eigenvalue weighted by Crippen LogP contribution is -2.29. The van der Waals surface area contributed by atoms with Gasteiger partial charge >= 0.3 is 11.9 Å². The summed E-state index contributed by atoms with van der Waals surface area (Å²) in [6.07, 6.45) is 0. The minimum Gasteiger partial charge on any atom is -0.462 e. The van der Waals surface area contributed by atoms with Gasteiger partial charge in [0.25, 0.3) is 0 Å². The number of allylic oxidation sites excluding steroid dienone is 1. The second kappa shape index (κ2) is 8.54. The van der Waals surface area contributed by atoms with E-state index >= 15 is 0 Å². The van der Waals surface area contributed by atoms with E-state index in [0.29, 0.717) is 5.56 Å². The maximum atomic E-state index is 12.6. The molecule has 0 saturated heterocycles. The van der Waals surface area contributed by atoms with Crippen LogP contribution >= 0.6 is 15.9 Å². The third kappa shape index (κ3) is 3.89. The van der Waals surface area contributed by atoms with Gasteiger partial charge in [0.1, 0.15) is 17.2 Å². The highest BCUT2D eigenvalue weighted by molar-refractivity contribution is 9.10. The molecule has 8 heteroatoms. The Kier molecular flexibility index (Phi) is 6.41. The predicted molar refractivity (Wildman–Crippen MR) is 95.1 cm³/mol. The van der Waals surface area contributed by atoms with Crippen LogP contribution in [0.1, 0.15) is 25.3 Å². The van der Waals surface area contributed by atoms with Gasteiger partial charge in [0, 0.05) is 4.47 Å². The fourth-order valence-electron chi connectivity index (χ4n) is 2.54. The lowest BCUT2D eigenvalue weighted by Gasteiger charge is -2.27. The van der Waals surface area contributed by atoms with Gasteiger partial charge < -0.3 is 19.9 Å².